The van der Waals surface area contributed by atoms with Crippen LogP contribution in [0.5, 0.6) is 0 Å². The Labute approximate surface area is 92.1 Å². The van der Waals surface area contributed by atoms with Gasteiger partial charge in [0.05, 0.1) is 5.69 Å². The Hall–Kier alpha value is -1.05. The van der Waals surface area contributed by atoms with Gasteiger partial charge in [-0.15, -0.1) is 0 Å². The highest BCUT2D eigenvalue weighted by Gasteiger charge is 2.14. The van der Waals surface area contributed by atoms with Crippen LogP contribution in [-0.2, 0) is 0 Å². The van der Waals surface area contributed by atoms with Crippen molar-refractivity contribution in [3.05, 3.63) is 22.5 Å². The van der Waals surface area contributed by atoms with E-state index in [1.54, 1.807) is 0 Å². The third kappa shape index (κ3) is 2.71. The van der Waals surface area contributed by atoms with Crippen LogP contribution in [-0.4, -0.2) is 10.8 Å². The van der Waals surface area contributed by atoms with Crippen molar-refractivity contribution in [2.75, 3.05) is 0 Å². The number of hydrogen-bond acceptors (Lipinski definition) is 1. The first-order valence-electron chi connectivity index (χ1n) is 5.62. The molecule has 2 heteroatoms. The molecule has 0 fully saturated rings. The molecular weight excluding hydrogens is 186 g/mol. The van der Waals surface area contributed by atoms with Crippen molar-refractivity contribution in [3.8, 4) is 0 Å². The number of aryl methyl sites for hydroxylation is 1. The average molecular weight is 207 g/mol. The highest BCUT2D eigenvalue weighted by atomic mass is 16.1. The molecule has 0 aliphatic carbocycles. The van der Waals surface area contributed by atoms with Crippen molar-refractivity contribution in [2.45, 2.75) is 47.5 Å². The monoisotopic (exact) mass is 207 g/mol. The fourth-order valence-electron chi connectivity index (χ4n) is 1.67. The predicted molar refractivity (Wildman–Crippen MR) is 63.4 cm³/mol. The number of aromatic nitrogens is 1. The van der Waals surface area contributed by atoms with Gasteiger partial charge in [-0.1, -0.05) is 13.8 Å². The minimum atomic E-state index is 0.248. The van der Waals surface area contributed by atoms with Gasteiger partial charge in [-0.3, -0.25) is 4.79 Å². The van der Waals surface area contributed by atoms with E-state index in [9.17, 15) is 4.79 Å². The minimum absolute atomic E-state index is 0.248. The number of aromatic amines is 1. The summed E-state index contributed by atoms with van der Waals surface area (Å²) in [6, 6.07) is 0. The van der Waals surface area contributed by atoms with Crippen molar-refractivity contribution < 1.29 is 4.79 Å². The van der Waals surface area contributed by atoms with Crippen molar-refractivity contribution >= 4 is 5.78 Å². The Balaban J connectivity index is 2.78. The molecule has 0 atom stereocenters. The predicted octanol–water partition coefficient (Wildman–Crippen LogP) is 3.56. The van der Waals surface area contributed by atoms with E-state index >= 15 is 0 Å². The van der Waals surface area contributed by atoms with E-state index in [4.69, 9.17) is 0 Å². The first-order chi connectivity index (χ1) is 6.93. The lowest BCUT2D eigenvalue weighted by Crippen LogP contribution is -2.03. The van der Waals surface area contributed by atoms with E-state index in [1.807, 2.05) is 13.8 Å². The normalized spacial score (nSPS) is 11.1. The molecule has 0 bridgehead atoms. The van der Waals surface area contributed by atoms with E-state index in [-0.39, 0.29) is 5.78 Å². The van der Waals surface area contributed by atoms with Gasteiger partial charge in [-0.2, -0.15) is 0 Å². The Kier molecular flexibility index (Phi) is 3.72. The molecule has 0 radical (unpaired) electrons. The lowest BCUT2D eigenvalue weighted by Gasteiger charge is -2.03. The van der Waals surface area contributed by atoms with Crippen LogP contribution in [0, 0.1) is 26.7 Å². The zero-order valence-electron chi connectivity index (χ0n) is 10.4. The fourth-order valence-corrected chi connectivity index (χ4v) is 1.67. The Morgan fingerprint density at radius 3 is 2.20 bits per heavy atom. The van der Waals surface area contributed by atoms with E-state index < -0.39 is 0 Å². The van der Waals surface area contributed by atoms with E-state index in [2.05, 4.69) is 25.8 Å². The maximum atomic E-state index is 11.9. The molecule has 1 rings (SSSR count). The second kappa shape index (κ2) is 4.65. The van der Waals surface area contributed by atoms with Crippen LogP contribution in [0.1, 0.15) is 54.0 Å². The molecule has 0 amide bonds. The zero-order chi connectivity index (χ0) is 11.6. The standard InChI is InChI=1S/C13H21NO/c1-8(2)6-7-12(15)13-10(4)9(3)11(5)14-13/h8,14H,6-7H2,1-5H3. The Morgan fingerprint density at radius 2 is 1.80 bits per heavy atom. The van der Waals surface area contributed by atoms with Crippen LogP contribution < -0.4 is 0 Å². The number of carbonyl (C=O) groups excluding carboxylic acids is 1. The molecule has 0 aliphatic heterocycles. The number of Topliss-reactive ketones (excluding diaryl/α,β-unsaturated/α-hetero) is 1. The quantitative estimate of drug-likeness (QED) is 0.752. The van der Waals surface area contributed by atoms with Crippen LogP contribution in [0.3, 0.4) is 0 Å². The molecule has 1 heterocycles. The van der Waals surface area contributed by atoms with Crippen molar-refractivity contribution in [3.63, 3.8) is 0 Å². The number of H-pyrrole nitrogens is 1. The first-order valence-corrected chi connectivity index (χ1v) is 5.62. The van der Waals surface area contributed by atoms with Crippen LogP contribution in [0.25, 0.3) is 0 Å². The summed E-state index contributed by atoms with van der Waals surface area (Å²) in [7, 11) is 0. The second-order valence-corrected chi connectivity index (χ2v) is 4.73. The Bertz CT molecular complexity index is 361. The zero-order valence-corrected chi connectivity index (χ0v) is 10.4. The van der Waals surface area contributed by atoms with Gasteiger partial charge in [-0.05, 0) is 44.2 Å². The van der Waals surface area contributed by atoms with Gasteiger partial charge in [0.2, 0.25) is 0 Å². The lowest BCUT2D eigenvalue weighted by molar-refractivity contribution is 0.0970. The number of ketones is 1. The summed E-state index contributed by atoms with van der Waals surface area (Å²) in [5.41, 5.74) is 4.25. The maximum Gasteiger partial charge on any atom is 0.179 e. The fraction of sp³-hybridized carbons (Fsp3) is 0.615. The molecule has 0 unspecified atom stereocenters. The van der Waals surface area contributed by atoms with Gasteiger partial charge >= 0.3 is 0 Å². The third-order valence-electron chi connectivity index (χ3n) is 3.04. The molecule has 0 aliphatic rings. The summed E-state index contributed by atoms with van der Waals surface area (Å²) < 4.78 is 0. The second-order valence-electron chi connectivity index (χ2n) is 4.73. The molecule has 0 saturated carbocycles. The Morgan fingerprint density at radius 1 is 1.20 bits per heavy atom. The lowest BCUT2D eigenvalue weighted by atomic mass is 10.0. The molecule has 1 N–H and O–H groups in total. The number of hydrogen-bond donors (Lipinski definition) is 1. The smallest absolute Gasteiger partial charge is 0.179 e. The minimum Gasteiger partial charge on any atom is -0.356 e. The van der Waals surface area contributed by atoms with Crippen molar-refractivity contribution in [2.24, 2.45) is 5.92 Å². The summed E-state index contributed by atoms with van der Waals surface area (Å²) in [6.07, 6.45) is 1.62. The molecule has 84 valence electrons. The largest absolute Gasteiger partial charge is 0.356 e. The van der Waals surface area contributed by atoms with Gasteiger partial charge in [-0.25, -0.2) is 0 Å². The molecule has 15 heavy (non-hydrogen) atoms. The topological polar surface area (TPSA) is 32.9 Å². The SMILES string of the molecule is Cc1[nH]c(C(=O)CCC(C)C)c(C)c1C. The molecule has 1 aromatic heterocycles. The molecule has 0 aromatic carbocycles. The van der Waals surface area contributed by atoms with Crippen LogP contribution in [0.4, 0.5) is 0 Å². The summed E-state index contributed by atoms with van der Waals surface area (Å²) in [5.74, 6) is 0.837. The highest BCUT2D eigenvalue weighted by molar-refractivity contribution is 5.96. The van der Waals surface area contributed by atoms with Gasteiger partial charge in [0.15, 0.2) is 5.78 Å². The molecular formula is C13H21NO. The molecule has 1 aromatic rings. The van der Waals surface area contributed by atoms with Crippen molar-refractivity contribution in [1.82, 2.24) is 4.98 Å². The van der Waals surface area contributed by atoms with Crippen LogP contribution in [0.15, 0.2) is 0 Å². The summed E-state index contributed by atoms with van der Waals surface area (Å²) in [5, 5.41) is 0. The van der Waals surface area contributed by atoms with E-state index in [0.717, 1.165) is 23.4 Å². The average Bonchev–Trinajstić information content (AvgIpc) is 2.42. The van der Waals surface area contributed by atoms with Gasteiger partial charge < -0.3 is 4.98 Å². The van der Waals surface area contributed by atoms with Gasteiger partial charge in [0.1, 0.15) is 0 Å². The van der Waals surface area contributed by atoms with Gasteiger partial charge in [0.25, 0.3) is 0 Å². The maximum absolute atomic E-state index is 11.9. The summed E-state index contributed by atoms with van der Waals surface area (Å²) >= 11 is 0. The molecule has 0 saturated heterocycles. The highest BCUT2D eigenvalue weighted by Crippen LogP contribution is 2.19. The third-order valence-corrected chi connectivity index (χ3v) is 3.04. The van der Waals surface area contributed by atoms with Crippen LogP contribution >= 0.6 is 0 Å². The molecule has 2 nitrogen and oxygen atoms in total. The summed E-state index contributed by atoms with van der Waals surface area (Å²) in [6.45, 7) is 10.4. The number of nitrogens with one attached hydrogen (secondary N) is 1. The summed E-state index contributed by atoms with van der Waals surface area (Å²) in [4.78, 5) is 15.1. The van der Waals surface area contributed by atoms with Crippen LogP contribution in [0.2, 0.25) is 0 Å². The number of rotatable bonds is 4. The number of carbonyl (C=O) groups is 1. The molecule has 0 spiro atoms. The van der Waals surface area contributed by atoms with E-state index in [1.165, 1.54) is 5.56 Å². The van der Waals surface area contributed by atoms with Gasteiger partial charge in [0, 0.05) is 12.1 Å². The van der Waals surface area contributed by atoms with Crippen molar-refractivity contribution in [1.29, 1.82) is 0 Å². The van der Waals surface area contributed by atoms with E-state index in [0.29, 0.717) is 12.3 Å². The first kappa shape index (κ1) is 12.0.